The Morgan fingerprint density at radius 3 is 2.54 bits per heavy atom. The summed E-state index contributed by atoms with van der Waals surface area (Å²) in [6.07, 6.45) is 7.43. The van der Waals surface area contributed by atoms with Gasteiger partial charge in [0, 0.05) is 48.0 Å². The monoisotopic (exact) mass is 644 g/mol. The third kappa shape index (κ3) is 6.61. The number of carbonyl (C=O) groups excluding carboxylic acids is 1. The van der Waals surface area contributed by atoms with Crippen LogP contribution in [0.15, 0.2) is 55.1 Å². The number of sulfone groups is 1. The normalized spacial score (nSPS) is 12.2. The third-order valence-corrected chi connectivity index (χ3v) is 8.15. The van der Waals surface area contributed by atoms with Crippen LogP contribution < -0.4 is 5.32 Å². The predicted molar refractivity (Wildman–Crippen MR) is 171 cm³/mol. The molecule has 1 amide bonds. The van der Waals surface area contributed by atoms with Crippen LogP contribution in [0.4, 0.5) is 14.5 Å². The molecule has 5 heterocycles. The van der Waals surface area contributed by atoms with Gasteiger partial charge in [-0.1, -0.05) is 26.8 Å². The topological polar surface area (TPSA) is 159 Å². The van der Waals surface area contributed by atoms with Crippen molar-refractivity contribution in [2.45, 2.75) is 33.6 Å². The van der Waals surface area contributed by atoms with Crippen molar-refractivity contribution in [3.63, 3.8) is 0 Å². The van der Waals surface area contributed by atoms with Crippen molar-refractivity contribution in [2.75, 3.05) is 17.3 Å². The van der Waals surface area contributed by atoms with Crippen LogP contribution in [-0.2, 0) is 21.1 Å². The molecule has 0 atom stereocenters. The van der Waals surface area contributed by atoms with Crippen molar-refractivity contribution < 1.29 is 22.0 Å². The molecule has 3 N–H and O–H groups in total. The number of imidazole rings is 1. The summed E-state index contributed by atoms with van der Waals surface area (Å²) in [6, 6.07) is 7.68. The van der Waals surface area contributed by atoms with Crippen molar-refractivity contribution in [1.29, 1.82) is 0 Å². The lowest BCUT2D eigenvalue weighted by Gasteiger charge is -2.17. The molecule has 0 bridgehead atoms. The number of hydrogen-bond donors (Lipinski definition) is 3. The minimum Gasteiger partial charge on any atom is -0.335 e. The highest BCUT2D eigenvalue weighted by Crippen LogP contribution is 2.35. The number of rotatable bonds is 8. The third-order valence-electron chi connectivity index (χ3n) is 7.20. The van der Waals surface area contributed by atoms with Gasteiger partial charge in [0.05, 0.1) is 28.5 Å². The number of nitrogens with zero attached hydrogens (tertiary/aromatic N) is 5. The van der Waals surface area contributed by atoms with Crippen LogP contribution in [0.1, 0.15) is 32.8 Å². The van der Waals surface area contributed by atoms with Crippen LogP contribution in [0.2, 0.25) is 0 Å². The van der Waals surface area contributed by atoms with Gasteiger partial charge < -0.3 is 10.3 Å². The van der Waals surface area contributed by atoms with E-state index in [4.69, 9.17) is 0 Å². The van der Waals surface area contributed by atoms with Crippen LogP contribution in [0.25, 0.3) is 56.0 Å². The molecule has 0 unspecified atom stereocenters. The smallest absolute Gasteiger partial charge is 0.224 e. The van der Waals surface area contributed by atoms with Crippen molar-refractivity contribution in [2.24, 2.45) is 5.41 Å². The van der Waals surface area contributed by atoms with E-state index in [9.17, 15) is 17.6 Å². The van der Waals surface area contributed by atoms with Gasteiger partial charge in [0.25, 0.3) is 0 Å². The number of anilines is 1. The second-order valence-corrected chi connectivity index (χ2v) is 14.7. The average molecular weight is 645 g/mol. The van der Waals surface area contributed by atoms with Gasteiger partial charge in [-0.2, -0.15) is 5.10 Å². The number of fused-ring (bicyclic) bond motifs is 2. The summed E-state index contributed by atoms with van der Waals surface area (Å²) >= 11 is 0. The quantitative estimate of drug-likeness (QED) is 0.186. The zero-order chi connectivity index (χ0) is 32.8. The van der Waals surface area contributed by atoms with Crippen molar-refractivity contribution in [3.8, 4) is 33.8 Å². The molecule has 0 saturated heterocycles. The zero-order valence-corrected chi connectivity index (χ0v) is 26.3. The van der Waals surface area contributed by atoms with Crippen molar-refractivity contribution in [3.05, 3.63) is 72.3 Å². The van der Waals surface area contributed by atoms with Gasteiger partial charge in [0.1, 0.15) is 27.2 Å². The number of aryl methyl sites for hydroxylation is 1. The predicted octanol–water partition coefficient (Wildman–Crippen LogP) is 5.87. The molecule has 46 heavy (non-hydrogen) atoms. The Bertz CT molecular complexity index is 2240. The molecule has 5 aromatic heterocycles. The summed E-state index contributed by atoms with van der Waals surface area (Å²) in [7, 11) is -3.24. The number of halogens is 2. The van der Waals surface area contributed by atoms with E-state index in [0.717, 1.165) is 6.26 Å². The highest BCUT2D eigenvalue weighted by atomic mass is 32.2. The molecular formula is C32H30F2N8O3S. The first-order valence-corrected chi connectivity index (χ1v) is 16.4. The van der Waals surface area contributed by atoms with Gasteiger partial charge in [-0.3, -0.25) is 14.9 Å². The van der Waals surface area contributed by atoms with E-state index in [2.05, 4.69) is 40.4 Å². The Labute approximate surface area is 262 Å². The lowest BCUT2D eigenvalue weighted by molar-refractivity contribution is -0.117. The summed E-state index contributed by atoms with van der Waals surface area (Å²) in [6.45, 7) is 5.88. The maximum absolute atomic E-state index is 16.2. The maximum atomic E-state index is 16.2. The Balaban J connectivity index is 1.38. The Morgan fingerprint density at radius 2 is 1.78 bits per heavy atom. The van der Waals surface area contributed by atoms with E-state index >= 15 is 4.39 Å². The van der Waals surface area contributed by atoms with Gasteiger partial charge in [-0.05, 0) is 47.2 Å². The average Bonchev–Trinajstić information content (AvgIpc) is 3.59. The largest absolute Gasteiger partial charge is 0.335 e. The van der Waals surface area contributed by atoms with Gasteiger partial charge in [0.15, 0.2) is 17.1 Å². The van der Waals surface area contributed by atoms with Gasteiger partial charge in [-0.15, -0.1) is 0 Å². The summed E-state index contributed by atoms with van der Waals surface area (Å²) in [5, 5.41) is 9.88. The molecule has 0 aliphatic carbocycles. The van der Waals surface area contributed by atoms with Gasteiger partial charge in [0.2, 0.25) is 5.91 Å². The first-order chi connectivity index (χ1) is 21.7. The van der Waals surface area contributed by atoms with E-state index in [1.807, 2.05) is 20.8 Å². The van der Waals surface area contributed by atoms with Crippen molar-refractivity contribution in [1.82, 2.24) is 35.1 Å². The Kier molecular flexibility index (Phi) is 7.84. The maximum Gasteiger partial charge on any atom is 0.224 e. The summed E-state index contributed by atoms with van der Waals surface area (Å²) in [5.41, 5.74) is 3.46. The fourth-order valence-corrected chi connectivity index (χ4v) is 5.80. The molecule has 6 rings (SSSR count). The van der Waals surface area contributed by atoms with E-state index in [1.165, 1.54) is 36.9 Å². The minimum absolute atomic E-state index is 0.0779. The fraction of sp³-hybridized carbons (Fsp3) is 0.250. The number of amides is 1. The number of pyridine rings is 3. The standard InChI is InChI=1S/C32H30F2N8O3S/c1-32(2,3)13-24(43)38-21-12-19(14-35-15-21)23-16-37-29-25(26(23)34)28(41-42-29)31-39-27-22(5-7-36-30(27)40-31)18-9-17(10-20(33)11-18)6-8-46(4,44)45/h5,7,9-12,14-16H,6,8,13H2,1-4H3,(H,38,43)(H,36,39,40)(H,37,41,42). The Morgan fingerprint density at radius 1 is 0.978 bits per heavy atom. The van der Waals surface area contributed by atoms with Gasteiger partial charge >= 0.3 is 0 Å². The number of H-pyrrole nitrogens is 2. The van der Waals surface area contributed by atoms with Crippen LogP contribution >= 0.6 is 0 Å². The molecule has 0 fully saturated rings. The van der Waals surface area contributed by atoms with E-state index in [0.29, 0.717) is 45.5 Å². The molecule has 6 aromatic rings. The zero-order valence-electron chi connectivity index (χ0n) is 25.4. The molecule has 0 aliphatic rings. The number of aromatic amines is 2. The highest BCUT2D eigenvalue weighted by molar-refractivity contribution is 7.90. The lowest BCUT2D eigenvalue weighted by Crippen LogP contribution is -2.19. The van der Waals surface area contributed by atoms with E-state index in [-0.39, 0.29) is 51.6 Å². The SMILES string of the molecule is CC(C)(C)CC(=O)Nc1cncc(-c2cnc3n[nH]c(-c4nc5nccc(-c6cc(F)cc(CCS(C)(=O)=O)c6)c5[nH]4)c3c2F)c1. The summed E-state index contributed by atoms with van der Waals surface area (Å²) in [5.74, 6) is -1.21. The molecule has 0 aliphatic heterocycles. The molecule has 14 heteroatoms. The second-order valence-electron chi connectivity index (χ2n) is 12.4. The second kappa shape index (κ2) is 11.7. The molecular weight excluding hydrogens is 614 g/mol. The number of benzene rings is 1. The van der Waals surface area contributed by atoms with Crippen molar-refractivity contribution >= 4 is 43.6 Å². The number of carbonyl (C=O) groups is 1. The highest BCUT2D eigenvalue weighted by Gasteiger charge is 2.22. The molecule has 0 saturated carbocycles. The summed E-state index contributed by atoms with van der Waals surface area (Å²) in [4.78, 5) is 33.1. The molecule has 0 radical (unpaired) electrons. The number of hydrogen-bond acceptors (Lipinski definition) is 8. The summed E-state index contributed by atoms with van der Waals surface area (Å²) < 4.78 is 54.2. The fourth-order valence-electron chi connectivity index (χ4n) is 5.19. The number of aromatic nitrogens is 7. The van der Waals surface area contributed by atoms with Crippen LogP contribution in [0.3, 0.4) is 0 Å². The van der Waals surface area contributed by atoms with Crippen LogP contribution in [0.5, 0.6) is 0 Å². The lowest BCUT2D eigenvalue weighted by atomic mass is 9.92. The molecule has 236 valence electrons. The molecule has 11 nitrogen and oxygen atoms in total. The first kappa shape index (κ1) is 30.9. The van der Waals surface area contributed by atoms with E-state index < -0.39 is 21.5 Å². The molecule has 1 aromatic carbocycles. The molecule has 0 spiro atoms. The van der Waals surface area contributed by atoms with Crippen LogP contribution in [0, 0.1) is 17.0 Å². The number of nitrogens with one attached hydrogen (secondary N) is 3. The van der Waals surface area contributed by atoms with Gasteiger partial charge in [-0.25, -0.2) is 32.2 Å². The van der Waals surface area contributed by atoms with E-state index in [1.54, 1.807) is 18.2 Å². The first-order valence-electron chi connectivity index (χ1n) is 14.3. The minimum atomic E-state index is -3.24. The van der Waals surface area contributed by atoms with Crippen LogP contribution in [-0.4, -0.2) is 61.5 Å². The Hall–Kier alpha value is -5.11.